The number of nitrogens with two attached hydrogens (primary N) is 1. The molecule has 5 rings (SSSR count). The highest BCUT2D eigenvalue weighted by molar-refractivity contribution is 5.93. The van der Waals surface area contributed by atoms with E-state index in [4.69, 9.17) is 5.73 Å². The Morgan fingerprint density at radius 1 is 0.917 bits per heavy atom. The normalized spacial score (nSPS) is 21.4. The van der Waals surface area contributed by atoms with Gasteiger partial charge in [0.25, 0.3) is 0 Å². The lowest BCUT2D eigenvalue weighted by Gasteiger charge is -2.33. The fraction of sp³-hybridized carbons (Fsp3) is 0.318. The molecule has 2 aliphatic carbocycles. The van der Waals surface area contributed by atoms with Crippen molar-refractivity contribution in [2.45, 2.75) is 43.4 Å². The molecule has 2 aliphatic rings. The first-order valence-corrected chi connectivity index (χ1v) is 9.01. The van der Waals surface area contributed by atoms with Crippen molar-refractivity contribution in [3.8, 4) is 0 Å². The van der Waals surface area contributed by atoms with Crippen LogP contribution in [0, 0.1) is 0 Å². The monoisotopic (exact) mass is 314 g/mol. The minimum absolute atomic E-state index is 0.322. The Labute approximate surface area is 142 Å². The van der Waals surface area contributed by atoms with Crippen LogP contribution in [0.4, 0.5) is 5.82 Å². The van der Waals surface area contributed by atoms with Gasteiger partial charge in [-0.05, 0) is 53.3 Å². The number of nitrogen functional groups attached to an aromatic ring is 1. The Bertz CT molecular complexity index is 922. The maximum Gasteiger partial charge on any atom is 0.131 e. The Hall–Kier alpha value is -2.35. The van der Waals surface area contributed by atoms with E-state index in [2.05, 4.69) is 53.5 Å². The quantitative estimate of drug-likeness (QED) is 0.689. The third-order valence-electron chi connectivity index (χ3n) is 6.39. The van der Waals surface area contributed by atoms with E-state index in [0.29, 0.717) is 17.2 Å². The van der Waals surface area contributed by atoms with Crippen LogP contribution in [-0.4, -0.2) is 4.98 Å². The lowest BCUT2D eigenvalue weighted by molar-refractivity contribution is 0.381. The van der Waals surface area contributed by atoms with Gasteiger partial charge in [-0.15, -0.1) is 0 Å². The Morgan fingerprint density at radius 2 is 1.75 bits per heavy atom. The molecule has 24 heavy (non-hydrogen) atoms. The number of anilines is 1. The molecular weight excluding hydrogens is 292 g/mol. The van der Waals surface area contributed by atoms with Crippen molar-refractivity contribution < 1.29 is 0 Å². The lowest BCUT2D eigenvalue weighted by atomic mass is 9.70. The topological polar surface area (TPSA) is 38.9 Å². The molecule has 0 saturated heterocycles. The molecule has 1 spiro atoms. The Kier molecular flexibility index (Phi) is 2.97. The maximum atomic E-state index is 6.14. The number of hydrogen-bond donors (Lipinski definition) is 1. The van der Waals surface area contributed by atoms with Gasteiger partial charge in [0.1, 0.15) is 5.82 Å². The Morgan fingerprint density at radius 3 is 2.62 bits per heavy atom. The van der Waals surface area contributed by atoms with Crippen LogP contribution in [0.2, 0.25) is 0 Å². The smallest absolute Gasteiger partial charge is 0.131 e. The minimum Gasteiger partial charge on any atom is -0.383 e. The number of nitrogens with zero attached hydrogens (tertiary/aromatic N) is 1. The van der Waals surface area contributed by atoms with Crippen LogP contribution in [0.25, 0.3) is 10.8 Å². The number of pyridine rings is 1. The van der Waals surface area contributed by atoms with Crippen LogP contribution in [0.5, 0.6) is 0 Å². The second-order valence-corrected chi connectivity index (χ2v) is 7.42. The second kappa shape index (κ2) is 5.07. The molecule has 0 radical (unpaired) electrons. The summed E-state index contributed by atoms with van der Waals surface area (Å²) in [7, 11) is 0. The Balaban J connectivity index is 1.75. The van der Waals surface area contributed by atoms with Gasteiger partial charge in [0.2, 0.25) is 0 Å². The number of benzene rings is 2. The van der Waals surface area contributed by atoms with E-state index in [0.717, 1.165) is 11.8 Å². The summed E-state index contributed by atoms with van der Waals surface area (Å²) in [5.74, 6) is 1.20. The second-order valence-electron chi connectivity index (χ2n) is 7.42. The molecule has 1 heterocycles. The fourth-order valence-electron chi connectivity index (χ4n) is 5.38. The molecule has 0 bridgehead atoms. The number of aromatic nitrogens is 1. The van der Waals surface area contributed by atoms with Gasteiger partial charge in [0.05, 0.1) is 0 Å². The van der Waals surface area contributed by atoms with E-state index >= 15 is 0 Å². The molecule has 1 saturated carbocycles. The lowest BCUT2D eigenvalue weighted by Crippen LogP contribution is -2.26. The van der Waals surface area contributed by atoms with E-state index in [-0.39, 0.29) is 0 Å². The maximum absolute atomic E-state index is 6.14. The molecule has 1 aromatic heterocycles. The van der Waals surface area contributed by atoms with Gasteiger partial charge in [0.15, 0.2) is 0 Å². The largest absolute Gasteiger partial charge is 0.383 e. The predicted octanol–water partition coefficient (Wildman–Crippen LogP) is 4.97. The van der Waals surface area contributed by atoms with Gasteiger partial charge in [-0.2, -0.15) is 0 Å². The summed E-state index contributed by atoms with van der Waals surface area (Å²) >= 11 is 0. The van der Waals surface area contributed by atoms with E-state index in [9.17, 15) is 0 Å². The van der Waals surface area contributed by atoms with Crippen LogP contribution < -0.4 is 5.73 Å². The highest BCUT2D eigenvalue weighted by Crippen LogP contribution is 2.58. The molecule has 1 atom stereocenters. The standard InChI is InChI=1S/C22H22N2/c23-21-18-8-5-7-17(16(18)10-13-24-21)20-14-15-6-1-2-9-19(15)22(20)11-3-4-12-22/h1-2,5-10,13,20H,3-4,11-12,14H2,(H2,23,24). The minimum atomic E-state index is 0.322. The summed E-state index contributed by atoms with van der Waals surface area (Å²) in [6.07, 6.45) is 8.32. The third kappa shape index (κ3) is 1.80. The van der Waals surface area contributed by atoms with E-state index in [1.807, 2.05) is 6.20 Å². The molecule has 120 valence electrons. The van der Waals surface area contributed by atoms with Gasteiger partial charge in [-0.25, -0.2) is 4.98 Å². The summed E-state index contributed by atoms with van der Waals surface area (Å²) in [6, 6.07) is 17.8. The number of rotatable bonds is 1. The van der Waals surface area contributed by atoms with Crippen LogP contribution in [0.15, 0.2) is 54.7 Å². The number of fused-ring (bicyclic) bond motifs is 3. The molecule has 1 fully saturated rings. The van der Waals surface area contributed by atoms with Crippen molar-refractivity contribution in [2.75, 3.05) is 5.73 Å². The van der Waals surface area contributed by atoms with Crippen LogP contribution >= 0.6 is 0 Å². The third-order valence-corrected chi connectivity index (χ3v) is 6.39. The molecule has 3 aromatic rings. The molecule has 2 heteroatoms. The number of hydrogen-bond acceptors (Lipinski definition) is 2. The van der Waals surface area contributed by atoms with Crippen LogP contribution in [-0.2, 0) is 11.8 Å². The van der Waals surface area contributed by atoms with Gasteiger partial charge >= 0.3 is 0 Å². The first kappa shape index (κ1) is 14.0. The molecule has 1 unspecified atom stereocenters. The van der Waals surface area contributed by atoms with Crippen molar-refractivity contribution in [3.05, 3.63) is 71.4 Å². The summed E-state index contributed by atoms with van der Waals surface area (Å²) in [5.41, 5.74) is 11.1. The van der Waals surface area contributed by atoms with Gasteiger partial charge < -0.3 is 5.73 Å². The van der Waals surface area contributed by atoms with Crippen molar-refractivity contribution in [3.63, 3.8) is 0 Å². The average Bonchev–Trinajstić information content (AvgIpc) is 3.22. The zero-order valence-corrected chi connectivity index (χ0v) is 13.8. The van der Waals surface area contributed by atoms with Crippen molar-refractivity contribution >= 4 is 16.6 Å². The highest BCUT2D eigenvalue weighted by Gasteiger charge is 2.48. The van der Waals surface area contributed by atoms with Gasteiger partial charge in [-0.3, -0.25) is 0 Å². The zero-order chi connectivity index (χ0) is 16.1. The fourth-order valence-corrected chi connectivity index (χ4v) is 5.38. The van der Waals surface area contributed by atoms with Crippen molar-refractivity contribution in [1.82, 2.24) is 4.98 Å². The SMILES string of the molecule is Nc1nccc2c(C3Cc4ccccc4C34CCCC4)cccc12. The summed E-state index contributed by atoms with van der Waals surface area (Å²) in [5, 5.41) is 2.38. The summed E-state index contributed by atoms with van der Waals surface area (Å²) in [6.45, 7) is 0. The predicted molar refractivity (Wildman–Crippen MR) is 99.2 cm³/mol. The molecule has 2 nitrogen and oxygen atoms in total. The molecular formula is C22H22N2. The molecule has 0 aliphatic heterocycles. The van der Waals surface area contributed by atoms with Crippen molar-refractivity contribution in [1.29, 1.82) is 0 Å². The first-order chi connectivity index (χ1) is 11.8. The van der Waals surface area contributed by atoms with E-state index in [1.54, 1.807) is 11.1 Å². The van der Waals surface area contributed by atoms with E-state index in [1.165, 1.54) is 36.6 Å². The van der Waals surface area contributed by atoms with Gasteiger partial charge in [0, 0.05) is 17.0 Å². The molecule has 0 amide bonds. The van der Waals surface area contributed by atoms with Crippen molar-refractivity contribution in [2.24, 2.45) is 0 Å². The molecule has 2 N–H and O–H groups in total. The van der Waals surface area contributed by atoms with Gasteiger partial charge in [-0.1, -0.05) is 55.3 Å². The average molecular weight is 314 g/mol. The van der Waals surface area contributed by atoms with Crippen LogP contribution in [0.3, 0.4) is 0 Å². The first-order valence-electron chi connectivity index (χ1n) is 9.01. The van der Waals surface area contributed by atoms with Crippen LogP contribution in [0.1, 0.15) is 48.3 Å². The molecule has 2 aromatic carbocycles. The summed E-state index contributed by atoms with van der Waals surface area (Å²) < 4.78 is 0. The van der Waals surface area contributed by atoms with E-state index < -0.39 is 0 Å². The zero-order valence-electron chi connectivity index (χ0n) is 13.8. The summed E-state index contributed by atoms with van der Waals surface area (Å²) in [4.78, 5) is 4.28. The highest BCUT2D eigenvalue weighted by atomic mass is 14.8.